The number of benzene rings is 2. The maximum absolute atomic E-state index is 13.1. The Balaban J connectivity index is 1.52. The summed E-state index contributed by atoms with van der Waals surface area (Å²) in [5.74, 6) is 0.808. The number of furan rings is 1. The molecule has 0 unspecified atom stereocenters. The molecule has 0 saturated carbocycles. The molecular formula is C23H16N4O3. The van der Waals surface area contributed by atoms with E-state index in [1.807, 2.05) is 24.3 Å². The minimum absolute atomic E-state index is 0.169. The molecule has 0 bridgehead atoms. The van der Waals surface area contributed by atoms with Gasteiger partial charge in [0.2, 0.25) is 5.95 Å². The highest BCUT2D eigenvalue weighted by Gasteiger charge is 2.16. The van der Waals surface area contributed by atoms with Crippen molar-refractivity contribution in [3.05, 3.63) is 84.8 Å². The second-order valence-corrected chi connectivity index (χ2v) is 6.70. The Bertz CT molecular complexity index is 1340. The number of carbonyl (C=O) groups excluding carboxylic acids is 1. The van der Waals surface area contributed by atoms with Gasteiger partial charge in [-0.25, -0.2) is 9.97 Å². The number of hydrogen-bond donors (Lipinski definition) is 3. The van der Waals surface area contributed by atoms with Crippen LogP contribution in [0.4, 0.5) is 5.95 Å². The number of rotatable bonds is 4. The van der Waals surface area contributed by atoms with Gasteiger partial charge in [-0.2, -0.15) is 0 Å². The molecule has 0 radical (unpaired) electrons. The van der Waals surface area contributed by atoms with Gasteiger partial charge in [0.1, 0.15) is 11.4 Å². The van der Waals surface area contributed by atoms with E-state index >= 15 is 0 Å². The van der Waals surface area contributed by atoms with Crippen LogP contribution in [0.5, 0.6) is 5.75 Å². The van der Waals surface area contributed by atoms with Crippen molar-refractivity contribution in [1.82, 2.24) is 15.0 Å². The fourth-order valence-electron chi connectivity index (χ4n) is 3.26. The number of aromatic nitrogens is 3. The third kappa shape index (κ3) is 3.29. The highest BCUT2D eigenvalue weighted by Crippen LogP contribution is 2.27. The van der Waals surface area contributed by atoms with E-state index in [1.165, 1.54) is 0 Å². The average molecular weight is 396 g/mol. The van der Waals surface area contributed by atoms with Gasteiger partial charge in [-0.1, -0.05) is 18.2 Å². The second kappa shape index (κ2) is 7.21. The number of carbonyl (C=O) groups is 1. The molecule has 0 spiro atoms. The van der Waals surface area contributed by atoms with Crippen molar-refractivity contribution >= 4 is 22.8 Å². The summed E-state index contributed by atoms with van der Waals surface area (Å²) in [5, 5.41) is 13.1. The second-order valence-electron chi connectivity index (χ2n) is 6.70. The molecule has 0 saturated heterocycles. The Morgan fingerprint density at radius 2 is 1.87 bits per heavy atom. The fourth-order valence-corrected chi connectivity index (χ4v) is 3.26. The largest absolute Gasteiger partial charge is 0.508 e. The average Bonchev–Trinajstić information content (AvgIpc) is 3.45. The van der Waals surface area contributed by atoms with Crippen molar-refractivity contribution in [3.8, 4) is 28.5 Å². The van der Waals surface area contributed by atoms with E-state index in [1.54, 1.807) is 54.9 Å². The zero-order valence-corrected chi connectivity index (χ0v) is 15.7. The van der Waals surface area contributed by atoms with Gasteiger partial charge in [-0.05, 0) is 48.5 Å². The third-order valence-electron chi connectivity index (χ3n) is 4.72. The molecule has 7 heteroatoms. The Labute approximate surface area is 171 Å². The van der Waals surface area contributed by atoms with Crippen molar-refractivity contribution in [2.24, 2.45) is 0 Å². The molecule has 3 heterocycles. The number of hydrogen-bond acceptors (Lipinski definition) is 5. The number of nitrogens with one attached hydrogen (secondary N) is 2. The Morgan fingerprint density at radius 3 is 2.67 bits per heavy atom. The minimum atomic E-state index is -0.311. The van der Waals surface area contributed by atoms with E-state index in [0.717, 1.165) is 10.9 Å². The summed E-state index contributed by atoms with van der Waals surface area (Å²) < 4.78 is 5.34. The lowest BCUT2D eigenvalue weighted by Gasteiger charge is -2.10. The zero-order chi connectivity index (χ0) is 20.5. The fraction of sp³-hybridized carbons (Fsp3) is 0. The quantitative estimate of drug-likeness (QED) is 0.403. The number of nitrogens with zero attached hydrogens (tertiary/aromatic N) is 2. The number of aromatic hydroxyl groups is 1. The number of H-pyrrole nitrogens is 1. The molecule has 7 nitrogen and oxygen atoms in total. The number of pyridine rings is 1. The van der Waals surface area contributed by atoms with Gasteiger partial charge in [-0.15, -0.1) is 0 Å². The number of amides is 1. The highest BCUT2D eigenvalue weighted by atomic mass is 16.3. The van der Waals surface area contributed by atoms with Gasteiger partial charge < -0.3 is 14.5 Å². The highest BCUT2D eigenvalue weighted by molar-refractivity contribution is 6.12. The Morgan fingerprint density at radius 1 is 1.03 bits per heavy atom. The molecule has 0 aliphatic carbocycles. The lowest BCUT2D eigenvalue weighted by atomic mass is 10.0. The van der Waals surface area contributed by atoms with Crippen molar-refractivity contribution in [2.45, 2.75) is 0 Å². The van der Waals surface area contributed by atoms with Crippen LogP contribution in [0.3, 0.4) is 0 Å². The van der Waals surface area contributed by atoms with Crippen LogP contribution in [0.2, 0.25) is 0 Å². The number of anilines is 1. The van der Waals surface area contributed by atoms with Gasteiger partial charge in [0.05, 0.1) is 29.2 Å². The number of para-hydroxylation sites is 1. The van der Waals surface area contributed by atoms with Gasteiger partial charge in [-0.3, -0.25) is 10.1 Å². The molecule has 30 heavy (non-hydrogen) atoms. The van der Waals surface area contributed by atoms with Gasteiger partial charge in [0.15, 0.2) is 5.76 Å². The first-order chi connectivity index (χ1) is 14.7. The van der Waals surface area contributed by atoms with Crippen LogP contribution in [-0.2, 0) is 0 Å². The summed E-state index contributed by atoms with van der Waals surface area (Å²) in [6.45, 7) is 0. The van der Waals surface area contributed by atoms with Crippen LogP contribution in [0.1, 0.15) is 10.4 Å². The van der Waals surface area contributed by atoms with Crippen LogP contribution in [0, 0.1) is 0 Å². The first kappa shape index (κ1) is 17.7. The van der Waals surface area contributed by atoms with Gasteiger partial charge >= 0.3 is 0 Å². The van der Waals surface area contributed by atoms with Gasteiger partial charge in [0.25, 0.3) is 5.91 Å². The number of phenolic OH excluding ortho intramolecular Hbond substituents is 1. The Hall–Kier alpha value is -4.39. The van der Waals surface area contributed by atoms with Crippen LogP contribution >= 0.6 is 0 Å². The smallest absolute Gasteiger partial charge is 0.258 e. The third-order valence-corrected chi connectivity index (χ3v) is 4.72. The van der Waals surface area contributed by atoms with E-state index in [0.29, 0.717) is 34.2 Å². The Kier molecular flexibility index (Phi) is 4.25. The topological polar surface area (TPSA) is 104 Å². The van der Waals surface area contributed by atoms with E-state index in [2.05, 4.69) is 20.3 Å². The molecule has 146 valence electrons. The summed E-state index contributed by atoms with van der Waals surface area (Å²) in [4.78, 5) is 25.0. The molecule has 0 aliphatic heterocycles. The molecule has 5 rings (SSSR count). The summed E-state index contributed by atoms with van der Waals surface area (Å²) in [5.41, 5.74) is 3.27. The monoisotopic (exact) mass is 396 g/mol. The van der Waals surface area contributed by atoms with Crippen LogP contribution in [-0.4, -0.2) is 26.0 Å². The maximum Gasteiger partial charge on any atom is 0.258 e. The molecule has 3 N–H and O–H groups in total. The number of imidazole rings is 1. The van der Waals surface area contributed by atoms with Crippen molar-refractivity contribution < 1.29 is 14.3 Å². The molecule has 0 atom stereocenters. The summed E-state index contributed by atoms with van der Waals surface area (Å²) in [6.07, 6.45) is 3.17. The molecule has 0 fully saturated rings. The SMILES string of the molecule is O=C(Nc1ncc(-c2ccco2)[nH]1)c1cc(-c2ccc(O)cc2)nc2ccccc12. The lowest BCUT2D eigenvalue weighted by molar-refractivity contribution is 0.102. The first-order valence-corrected chi connectivity index (χ1v) is 9.27. The number of fused-ring (bicyclic) bond motifs is 1. The van der Waals surface area contributed by atoms with Gasteiger partial charge in [0, 0.05) is 10.9 Å². The molecule has 0 aliphatic rings. The molecule has 2 aromatic carbocycles. The summed E-state index contributed by atoms with van der Waals surface area (Å²) in [6, 6.07) is 19.5. The standard InChI is InChI=1S/C23H16N4O3/c28-15-9-7-14(8-10-15)19-12-17(16-4-1-2-5-18(16)25-19)22(29)27-23-24-13-20(26-23)21-6-3-11-30-21/h1-13,28H,(H2,24,26,27,29). The maximum atomic E-state index is 13.1. The van der Waals surface area contributed by atoms with Crippen LogP contribution in [0.25, 0.3) is 33.6 Å². The van der Waals surface area contributed by atoms with E-state index in [9.17, 15) is 9.90 Å². The zero-order valence-electron chi connectivity index (χ0n) is 15.7. The number of aromatic amines is 1. The normalized spacial score (nSPS) is 10.9. The number of phenols is 1. The summed E-state index contributed by atoms with van der Waals surface area (Å²) >= 11 is 0. The predicted molar refractivity (Wildman–Crippen MR) is 113 cm³/mol. The molecule has 1 amide bonds. The van der Waals surface area contributed by atoms with Crippen LogP contribution in [0.15, 0.2) is 83.6 Å². The minimum Gasteiger partial charge on any atom is -0.508 e. The molecule has 3 aromatic heterocycles. The summed E-state index contributed by atoms with van der Waals surface area (Å²) in [7, 11) is 0. The van der Waals surface area contributed by atoms with Crippen molar-refractivity contribution in [1.29, 1.82) is 0 Å². The predicted octanol–water partition coefficient (Wildman–Crippen LogP) is 4.84. The van der Waals surface area contributed by atoms with Crippen molar-refractivity contribution in [2.75, 3.05) is 5.32 Å². The molecule has 5 aromatic rings. The van der Waals surface area contributed by atoms with E-state index < -0.39 is 0 Å². The van der Waals surface area contributed by atoms with Crippen molar-refractivity contribution in [3.63, 3.8) is 0 Å². The van der Waals surface area contributed by atoms with E-state index in [-0.39, 0.29) is 11.7 Å². The molecular weight excluding hydrogens is 380 g/mol. The lowest BCUT2D eigenvalue weighted by Crippen LogP contribution is -2.14. The van der Waals surface area contributed by atoms with Crippen LogP contribution < -0.4 is 5.32 Å². The van der Waals surface area contributed by atoms with E-state index in [4.69, 9.17) is 4.42 Å². The first-order valence-electron chi connectivity index (χ1n) is 9.27.